The summed E-state index contributed by atoms with van der Waals surface area (Å²) in [6.07, 6.45) is 4.27. The van der Waals surface area contributed by atoms with Crippen molar-refractivity contribution in [3.05, 3.63) is 41.3 Å². The van der Waals surface area contributed by atoms with Crippen LogP contribution in [0, 0.1) is 0 Å². The Bertz CT molecular complexity index is 628. The van der Waals surface area contributed by atoms with Crippen LogP contribution in [0.1, 0.15) is 19.2 Å². The Labute approximate surface area is 117 Å². The third-order valence-electron chi connectivity index (χ3n) is 3.53. The zero-order chi connectivity index (χ0) is 13.4. The maximum Gasteiger partial charge on any atom is 0.257 e. The summed E-state index contributed by atoms with van der Waals surface area (Å²) in [4.78, 5) is 11.4. The summed E-state index contributed by atoms with van der Waals surface area (Å²) in [7, 11) is 0. The van der Waals surface area contributed by atoms with E-state index in [-0.39, 0.29) is 5.78 Å². The van der Waals surface area contributed by atoms with Gasteiger partial charge in [0.1, 0.15) is 12.7 Å². The Hall–Kier alpha value is -1.61. The minimum atomic E-state index is 0.188. The van der Waals surface area contributed by atoms with Crippen molar-refractivity contribution in [1.82, 2.24) is 4.57 Å². The monoisotopic (exact) mass is 275 g/mol. The Balaban J connectivity index is 2.07. The van der Waals surface area contributed by atoms with Crippen molar-refractivity contribution in [2.75, 3.05) is 0 Å². The number of carbonyl (C=O) groups is 1. The van der Waals surface area contributed by atoms with Crippen molar-refractivity contribution in [1.29, 1.82) is 0 Å². The molecule has 98 valence electrons. The van der Waals surface area contributed by atoms with Crippen LogP contribution in [0.5, 0.6) is 0 Å². The van der Waals surface area contributed by atoms with Gasteiger partial charge in [-0.1, -0.05) is 11.6 Å². The second-order valence-corrected chi connectivity index (χ2v) is 5.46. The molecule has 0 unspecified atom stereocenters. The van der Waals surface area contributed by atoms with E-state index >= 15 is 0 Å². The number of halogens is 1. The molecule has 0 saturated carbocycles. The molecule has 3 nitrogen and oxygen atoms in total. The van der Waals surface area contributed by atoms with Crippen molar-refractivity contribution >= 4 is 17.4 Å². The highest BCUT2D eigenvalue weighted by Crippen LogP contribution is 2.25. The number of carbonyl (C=O) groups excluding carboxylic acids is 1. The number of Topliss-reactive ketones (excluding diaryl/α,β-unsaturated/α-hetero) is 1. The predicted molar refractivity (Wildman–Crippen MR) is 74.1 cm³/mol. The highest BCUT2D eigenvalue weighted by atomic mass is 35.5. The second kappa shape index (κ2) is 4.82. The lowest BCUT2D eigenvalue weighted by Gasteiger charge is -1.98. The quantitative estimate of drug-likeness (QED) is 0.791. The van der Waals surface area contributed by atoms with Gasteiger partial charge < -0.3 is 0 Å². The van der Waals surface area contributed by atoms with Crippen LogP contribution in [0.4, 0.5) is 0 Å². The van der Waals surface area contributed by atoms with Gasteiger partial charge in [0.15, 0.2) is 11.5 Å². The normalized spacial score (nSPS) is 13.6. The van der Waals surface area contributed by atoms with Gasteiger partial charge in [-0.05, 0) is 37.6 Å². The zero-order valence-corrected chi connectivity index (χ0v) is 11.7. The number of hydrogen-bond donors (Lipinski definition) is 0. The maximum absolute atomic E-state index is 11.4. The molecule has 1 aliphatic heterocycles. The van der Waals surface area contributed by atoms with Crippen molar-refractivity contribution in [2.24, 2.45) is 0 Å². The minimum absolute atomic E-state index is 0.188. The smallest absolute Gasteiger partial charge is 0.257 e. The molecule has 0 radical (unpaired) electrons. The topological polar surface area (TPSA) is 25.9 Å². The zero-order valence-electron chi connectivity index (χ0n) is 10.9. The van der Waals surface area contributed by atoms with Gasteiger partial charge in [0, 0.05) is 10.6 Å². The van der Waals surface area contributed by atoms with E-state index in [2.05, 4.69) is 15.3 Å². The summed E-state index contributed by atoms with van der Waals surface area (Å²) < 4.78 is 4.39. The molecule has 2 aromatic rings. The molecule has 4 heteroatoms. The highest BCUT2D eigenvalue weighted by Gasteiger charge is 2.28. The second-order valence-electron chi connectivity index (χ2n) is 5.02. The third kappa shape index (κ3) is 2.30. The molecule has 0 bridgehead atoms. The first kappa shape index (κ1) is 12.4. The SMILES string of the molecule is CC(=O)C[n+]1cc(-c2ccc(Cl)cc2)n2c1CCC2. The third-order valence-corrected chi connectivity index (χ3v) is 3.78. The van der Waals surface area contributed by atoms with E-state index in [9.17, 15) is 4.79 Å². The predicted octanol–water partition coefficient (Wildman–Crippen LogP) is 2.63. The lowest BCUT2D eigenvalue weighted by Crippen LogP contribution is -2.39. The number of hydrogen-bond acceptors (Lipinski definition) is 1. The summed E-state index contributed by atoms with van der Waals surface area (Å²) in [6.45, 7) is 3.12. The highest BCUT2D eigenvalue weighted by molar-refractivity contribution is 6.30. The van der Waals surface area contributed by atoms with Crippen LogP contribution in [0.2, 0.25) is 5.02 Å². The fourth-order valence-corrected chi connectivity index (χ4v) is 2.86. The number of aromatic nitrogens is 2. The fraction of sp³-hybridized carbons (Fsp3) is 0.333. The number of rotatable bonds is 3. The minimum Gasteiger partial charge on any atom is -0.296 e. The van der Waals surface area contributed by atoms with E-state index in [1.165, 1.54) is 11.5 Å². The molecular formula is C15H16ClN2O+. The summed E-state index contributed by atoms with van der Waals surface area (Å²) in [5, 5.41) is 0.744. The van der Waals surface area contributed by atoms with E-state index in [0.717, 1.165) is 30.0 Å². The summed E-state index contributed by atoms with van der Waals surface area (Å²) >= 11 is 5.93. The van der Waals surface area contributed by atoms with E-state index in [0.29, 0.717) is 6.54 Å². The van der Waals surface area contributed by atoms with Crippen molar-refractivity contribution < 1.29 is 9.36 Å². The lowest BCUT2D eigenvalue weighted by atomic mass is 10.2. The van der Waals surface area contributed by atoms with E-state index in [1.54, 1.807) is 6.92 Å². The largest absolute Gasteiger partial charge is 0.296 e. The molecule has 0 fully saturated rings. The molecule has 1 aliphatic rings. The summed E-state index contributed by atoms with van der Waals surface area (Å²) in [5.74, 6) is 1.44. The average molecular weight is 276 g/mol. The molecular weight excluding hydrogens is 260 g/mol. The van der Waals surface area contributed by atoms with Crippen LogP contribution < -0.4 is 4.57 Å². The number of benzene rings is 1. The van der Waals surface area contributed by atoms with Crippen LogP contribution in [0.15, 0.2) is 30.5 Å². The van der Waals surface area contributed by atoms with Gasteiger partial charge in [0.25, 0.3) is 5.82 Å². The molecule has 0 amide bonds. The van der Waals surface area contributed by atoms with Gasteiger partial charge in [-0.2, -0.15) is 0 Å². The first-order chi connectivity index (χ1) is 9.15. The Morgan fingerprint density at radius 1 is 1.37 bits per heavy atom. The molecule has 1 aromatic carbocycles. The summed E-state index contributed by atoms with van der Waals surface area (Å²) in [6, 6.07) is 7.87. The number of fused-ring (bicyclic) bond motifs is 1. The van der Waals surface area contributed by atoms with Gasteiger partial charge in [-0.3, -0.25) is 4.79 Å². The van der Waals surface area contributed by atoms with Crippen molar-refractivity contribution in [3.8, 4) is 11.3 Å². The average Bonchev–Trinajstić information content (AvgIpc) is 2.94. The van der Waals surface area contributed by atoms with Crippen LogP contribution in [-0.4, -0.2) is 10.4 Å². The molecule has 0 spiro atoms. The Kier molecular flexibility index (Phi) is 3.15. The van der Waals surface area contributed by atoms with Gasteiger partial charge in [-0.15, -0.1) is 0 Å². The Morgan fingerprint density at radius 3 is 2.79 bits per heavy atom. The number of nitrogens with zero attached hydrogens (tertiary/aromatic N) is 2. The van der Waals surface area contributed by atoms with Crippen LogP contribution in [0.25, 0.3) is 11.3 Å². The van der Waals surface area contributed by atoms with Crippen molar-refractivity contribution in [2.45, 2.75) is 32.9 Å². The molecule has 1 aromatic heterocycles. The Morgan fingerprint density at radius 2 is 2.11 bits per heavy atom. The molecule has 0 aliphatic carbocycles. The molecule has 0 atom stereocenters. The van der Waals surface area contributed by atoms with Crippen LogP contribution in [0.3, 0.4) is 0 Å². The molecule has 2 heterocycles. The van der Waals surface area contributed by atoms with Crippen LogP contribution in [-0.2, 0) is 24.3 Å². The summed E-state index contributed by atoms with van der Waals surface area (Å²) in [5.41, 5.74) is 2.32. The van der Waals surface area contributed by atoms with Gasteiger partial charge in [0.2, 0.25) is 0 Å². The van der Waals surface area contributed by atoms with Gasteiger partial charge >= 0.3 is 0 Å². The maximum atomic E-state index is 11.4. The first-order valence-electron chi connectivity index (χ1n) is 6.52. The molecule has 19 heavy (non-hydrogen) atoms. The fourth-order valence-electron chi connectivity index (χ4n) is 2.74. The van der Waals surface area contributed by atoms with E-state index in [4.69, 9.17) is 11.6 Å². The van der Waals surface area contributed by atoms with Crippen molar-refractivity contribution in [3.63, 3.8) is 0 Å². The number of imidazole rings is 1. The molecule has 0 N–H and O–H groups in total. The van der Waals surface area contributed by atoms with E-state index in [1.807, 2.05) is 24.3 Å². The van der Waals surface area contributed by atoms with E-state index < -0.39 is 0 Å². The van der Waals surface area contributed by atoms with Gasteiger partial charge in [-0.25, -0.2) is 9.13 Å². The van der Waals surface area contributed by atoms with Gasteiger partial charge in [0.05, 0.1) is 13.0 Å². The lowest BCUT2D eigenvalue weighted by molar-refractivity contribution is -0.690. The molecule has 0 saturated heterocycles. The molecule has 3 rings (SSSR count). The van der Waals surface area contributed by atoms with Crippen LogP contribution >= 0.6 is 11.6 Å². The number of ketones is 1. The first-order valence-corrected chi connectivity index (χ1v) is 6.90. The standard InChI is InChI=1S/C15H16ClN2O/c1-11(19)9-17-10-14(18-8-2-3-15(17)18)12-4-6-13(16)7-5-12/h4-7,10H,2-3,8-9H2,1H3/q+1.